The Hall–Kier alpha value is -1.91. The lowest BCUT2D eigenvalue weighted by molar-refractivity contribution is -0.123. The number of Topliss-reactive ketones (excluding diaryl/α,β-unsaturated/α-hetero) is 1. The number of amides is 1. The third kappa shape index (κ3) is 2.75. The molecule has 1 aliphatic rings. The van der Waals surface area contributed by atoms with Crippen molar-refractivity contribution < 1.29 is 9.59 Å². The molecule has 102 valence electrons. The number of carbonyl (C=O) groups is 2. The van der Waals surface area contributed by atoms with Gasteiger partial charge in [-0.3, -0.25) is 14.6 Å². The van der Waals surface area contributed by atoms with Crippen LogP contribution >= 0.6 is 0 Å². The molecule has 5 nitrogen and oxygen atoms in total. The Morgan fingerprint density at radius 2 is 2.26 bits per heavy atom. The minimum atomic E-state index is -0.150. The Kier molecular flexibility index (Phi) is 4.14. The molecular weight excluding hydrogens is 242 g/mol. The maximum atomic E-state index is 11.8. The fourth-order valence-electron chi connectivity index (χ4n) is 2.33. The van der Waals surface area contributed by atoms with Crippen molar-refractivity contribution in [2.75, 3.05) is 18.0 Å². The van der Waals surface area contributed by atoms with Gasteiger partial charge in [-0.15, -0.1) is 0 Å². The summed E-state index contributed by atoms with van der Waals surface area (Å²) in [7, 11) is 0. The van der Waals surface area contributed by atoms with Crippen LogP contribution in [0.25, 0.3) is 0 Å². The molecule has 0 bridgehead atoms. The van der Waals surface area contributed by atoms with E-state index in [-0.39, 0.29) is 17.7 Å². The second-order valence-electron chi connectivity index (χ2n) is 4.59. The summed E-state index contributed by atoms with van der Waals surface area (Å²) < 4.78 is 0. The van der Waals surface area contributed by atoms with E-state index < -0.39 is 0 Å². The normalized spacial score (nSPS) is 19.2. The molecule has 1 saturated heterocycles. The van der Waals surface area contributed by atoms with E-state index in [9.17, 15) is 9.59 Å². The number of nitrogens with one attached hydrogen (secondary N) is 1. The molecule has 1 atom stereocenters. The lowest BCUT2D eigenvalue weighted by Gasteiger charge is -2.36. The van der Waals surface area contributed by atoms with Gasteiger partial charge >= 0.3 is 0 Å². The maximum Gasteiger partial charge on any atom is 0.242 e. The molecule has 1 amide bonds. The molecule has 0 saturated carbocycles. The van der Waals surface area contributed by atoms with Crippen molar-refractivity contribution in [3.05, 3.63) is 24.0 Å². The summed E-state index contributed by atoms with van der Waals surface area (Å²) in [6.45, 7) is 5.23. The largest absolute Gasteiger partial charge is 0.357 e. The van der Waals surface area contributed by atoms with Crippen molar-refractivity contribution in [2.45, 2.75) is 32.7 Å². The fourth-order valence-corrected chi connectivity index (χ4v) is 2.33. The first kappa shape index (κ1) is 13.5. The zero-order valence-corrected chi connectivity index (χ0v) is 11.3. The molecule has 1 aromatic heterocycles. The van der Waals surface area contributed by atoms with Crippen molar-refractivity contribution in [3.8, 4) is 0 Å². The summed E-state index contributed by atoms with van der Waals surface area (Å²) in [5, 5.41) is 2.87. The summed E-state index contributed by atoms with van der Waals surface area (Å²) in [6.07, 6.45) is 2.89. The lowest BCUT2D eigenvalue weighted by atomic mass is 10.1. The number of hydrogen-bond donors (Lipinski definition) is 1. The van der Waals surface area contributed by atoms with Crippen LogP contribution < -0.4 is 10.2 Å². The van der Waals surface area contributed by atoms with Gasteiger partial charge in [0.1, 0.15) is 11.7 Å². The number of ketones is 1. The topological polar surface area (TPSA) is 62.3 Å². The van der Waals surface area contributed by atoms with Crippen molar-refractivity contribution in [3.63, 3.8) is 0 Å². The van der Waals surface area contributed by atoms with E-state index in [2.05, 4.69) is 10.3 Å². The number of aromatic nitrogens is 1. The second kappa shape index (κ2) is 5.82. The molecule has 0 radical (unpaired) electrons. The highest BCUT2D eigenvalue weighted by atomic mass is 16.2. The number of hydrogen-bond acceptors (Lipinski definition) is 4. The molecule has 19 heavy (non-hydrogen) atoms. The van der Waals surface area contributed by atoms with Crippen molar-refractivity contribution in [2.24, 2.45) is 0 Å². The van der Waals surface area contributed by atoms with E-state index >= 15 is 0 Å². The van der Waals surface area contributed by atoms with E-state index in [0.717, 1.165) is 18.7 Å². The van der Waals surface area contributed by atoms with Crippen molar-refractivity contribution >= 4 is 17.4 Å². The monoisotopic (exact) mass is 261 g/mol. The van der Waals surface area contributed by atoms with Crippen LogP contribution in [0.5, 0.6) is 0 Å². The van der Waals surface area contributed by atoms with Crippen LogP contribution in [0.3, 0.4) is 0 Å². The number of piperazine rings is 1. The van der Waals surface area contributed by atoms with Gasteiger partial charge in [-0.2, -0.15) is 0 Å². The Bertz CT molecular complexity index is 470. The zero-order chi connectivity index (χ0) is 13.8. The Labute approximate surface area is 113 Å². The molecule has 1 N–H and O–H groups in total. The minimum absolute atomic E-state index is 0.0370. The highest BCUT2D eigenvalue weighted by Gasteiger charge is 2.28. The van der Waals surface area contributed by atoms with E-state index in [1.807, 2.05) is 24.8 Å². The summed E-state index contributed by atoms with van der Waals surface area (Å²) >= 11 is 0. The molecule has 2 heterocycles. The maximum absolute atomic E-state index is 11.8. The van der Waals surface area contributed by atoms with Crippen LogP contribution in [-0.2, 0) is 4.79 Å². The molecule has 2 rings (SSSR count). The third-order valence-corrected chi connectivity index (χ3v) is 3.40. The molecule has 0 aliphatic carbocycles. The molecule has 0 aromatic carbocycles. The van der Waals surface area contributed by atoms with Gasteiger partial charge in [0.05, 0.1) is 11.9 Å². The Morgan fingerprint density at radius 3 is 2.84 bits per heavy atom. The van der Waals surface area contributed by atoms with Crippen LogP contribution in [-0.4, -0.2) is 35.8 Å². The average molecular weight is 261 g/mol. The number of pyridine rings is 1. The molecule has 1 fully saturated rings. The molecule has 1 unspecified atom stereocenters. The minimum Gasteiger partial charge on any atom is -0.357 e. The zero-order valence-electron chi connectivity index (χ0n) is 11.3. The Balaban J connectivity index is 2.21. The Morgan fingerprint density at radius 1 is 1.47 bits per heavy atom. The van der Waals surface area contributed by atoms with Gasteiger partial charge in [-0.05, 0) is 18.6 Å². The first-order valence-corrected chi connectivity index (χ1v) is 6.71. The first-order valence-electron chi connectivity index (χ1n) is 6.71. The average Bonchev–Trinajstić information content (AvgIpc) is 2.46. The van der Waals surface area contributed by atoms with Crippen molar-refractivity contribution in [1.82, 2.24) is 10.3 Å². The number of nitrogens with zero attached hydrogens (tertiary/aromatic N) is 2. The first-order chi connectivity index (χ1) is 9.17. The van der Waals surface area contributed by atoms with Crippen LogP contribution in [0.4, 0.5) is 5.69 Å². The van der Waals surface area contributed by atoms with Crippen molar-refractivity contribution in [1.29, 1.82) is 0 Å². The van der Waals surface area contributed by atoms with Gasteiger partial charge in [0, 0.05) is 19.5 Å². The van der Waals surface area contributed by atoms with Crippen LogP contribution in [0.1, 0.15) is 37.2 Å². The molecular formula is C14H19N3O2. The van der Waals surface area contributed by atoms with Crippen LogP contribution in [0.15, 0.2) is 18.3 Å². The molecule has 1 aromatic rings. The van der Waals surface area contributed by atoms with E-state index in [1.54, 1.807) is 12.3 Å². The summed E-state index contributed by atoms with van der Waals surface area (Å²) in [5.41, 5.74) is 1.38. The van der Waals surface area contributed by atoms with Gasteiger partial charge in [-0.25, -0.2) is 0 Å². The highest BCUT2D eigenvalue weighted by Crippen LogP contribution is 2.20. The predicted molar refractivity (Wildman–Crippen MR) is 73.3 cm³/mol. The summed E-state index contributed by atoms with van der Waals surface area (Å²) in [4.78, 5) is 29.6. The van der Waals surface area contributed by atoms with Gasteiger partial charge in [0.25, 0.3) is 0 Å². The number of carbonyl (C=O) groups excluding carboxylic acids is 2. The third-order valence-electron chi connectivity index (χ3n) is 3.40. The van der Waals surface area contributed by atoms with Gasteiger partial charge in [0.15, 0.2) is 5.78 Å². The highest BCUT2D eigenvalue weighted by molar-refractivity contribution is 5.94. The van der Waals surface area contributed by atoms with E-state index in [0.29, 0.717) is 18.7 Å². The predicted octanol–water partition coefficient (Wildman–Crippen LogP) is 1.39. The standard InChI is InChI=1S/C14H19N3O2/c1-3-12-14(19)15-7-8-17(12)10-5-6-11(16-9-10)13(18)4-2/h5-6,9,12H,3-4,7-8H2,1-2H3,(H,15,19). The van der Waals surface area contributed by atoms with Crippen LogP contribution in [0.2, 0.25) is 0 Å². The lowest BCUT2D eigenvalue weighted by Crippen LogP contribution is -2.55. The summed E-state index contributed by atoms with van der Waals surface area (Å²) in [6, 6.07) is 3.46. The number of rotatable bonds is 4. The van der Waals surface area contributed by atoms with Gasteiger partial charge in [-0.1, -0.05) is 13.8 Å². The van der Waals surface area contributed by atoms with Crippen LogP contribution in [0, 0.1) is 0 Å². The fraction of sp³-hybridized carbons (Fsp3) is 0.500. The molecule has 1 aliphatic heterocycles. The SMILES string of the molecule is CCC(=O)c1ccc(N2CCNC(=O)C2CC)cn1. The molecule has 5 heteroatoms. The quantitative estimate of drug-likeness (QED) is 0.832. The number of anilines is 1. The molecule has 0 spiro atoms. The van der Waals surface area contributed by atoms with Gasteiger partial charge in [0.2, 0.25) is 5.91 Å². The van der Waals surface area contributed by atoms with E-state index in [1.165, 1.54) is 0 Å². The smallest absolute Gasteiger partial charge is 0.242 e. The summed E-state index contributed by atoms with van der Waals surface area (Å²) in [5.74, 6) is 0.0949. The van der Waals surface area contributed by atoms with E-state index in [4.69, 9.17) is 0 Å². The van der Waals surface area contributed by atoms with Gasteiger partial charge < -0.3 is 10.2 Å². The second-order valence-corrected chi connectivity index (χ2v) is 4.59.